The van der Waals surface area contributed by atoms with Crippen LogP contribution in [0.3, 0.4) is 0 Å². The summed E-state index contributed by atoms with van der Waals surface area (Å²) in [5.74, 6) is 1.40. The number of carbonyl (C=O) groups is 1. The molecule has 0 saturated heterocycles. The van der Waals surface area contributed by atoms with Crippen LogP contribution in [0.1, 0.15) is 30.5 Å². The molecule has 1 aromatic carbocycles. The topological polar surface area (TPSA) is 41.6 Å². The van der Waals surface area contributed by atoms with Gasteiger partial charge < -0.3 is 15.0 Å². The lowest BCUT2D eigenvalue weighted by Gasteiger charge is -2.30. The summed E-state index contributed by atoms with van der Waals surface area (Å²) in [6.07, 6.45) is 5.53. The molecule has 0 fully saturated rings. The molecule has 0 bridgehead atoms. The molecular weight excluding hydrogens is 276 g/mol. The fraction of sp³-hybridized carbons (Fsp3) is 0.500. The van der Waals surface area contributed by atoms with E-state index in [0.717, 1.165) is 25.1 Å². The summed E-state index contributed by atoms with van der Waals surface area (Å²) < 4.78 is 5.30. The Balaban J connectivity index is 2.09. The summed E-state index contributed by atoms with van der Waals surface area (Å²) >= 11 is 0. The van der Waals surface area contributed by atoms with Crippen LogP contribution in [0.25, 0.3) is 0 Å². The Bertz CT molecular complexity index is 552. The van der Waals surface area contributed by atoms with Gasteiger partial charge in [-0.3, -0.25) is 4.79 Å². The van der Waals surface area contributed by atoms with Gasteiger partial charge in [-0.15, -0.1) is 0 Å². The molecule has 0 radical (unpaired) electrons. The number of likely N-dealkylation sites (N-methyl/N-ethyl adjacent to an activating group) is 1. The van der Waals surface area contributed by atoms with Crippen LogP contribution in [0.4, 0.5) is 0 Å². The van der Waals surface area contributed by atoms with Crippen molar-refractivity contribution in [1.29, 1.82) is 0 Å². The number of amides is 1. The first-order valence-corrected chi connectivity index (χ1v) is 7.78. The van der Waals surface area contributed by atoms with Crippen LogP contribution < -0.4 is 10.1 Å². The molecule has 1 aromatic rings. The number of rotatable bonds is 5. The minimum absolute atomic E-state index is 0.0253. The average Bonchev–Trinajstić information content (AvgIpc) is 2.45. The fourth-order valence-corrected chi connectivity index (χ4v) is 2.94. The molecule has 2 rings (SSSR count). The first-order chi connectivity index (χ1) is 10.5. The van der Waals surface area contributed by atoms with E-state index < -0.39 is 0 Å². The molecule has 2 atom stereocenters. The van der Waals surface area contributed by atoms with Gasteiger partial charge in [0.2, 0.25) is 5.91 Å². The number of hydrogen-bond acceptors (Lipinski definition) is 3. The molecule has 1 aliphatic carbocycles. The Morgan fingerprint density at radius 2 is 2.23 bits per heavy atom. The van der Waals surface area contributed by atoms with Crippen molar-refractivity contribution >= 4 is 5.91 Å². The molecule has 4 nitrogen and oxygen atoms in total. The van der Waals surface area contributed by atoms with Gasteiger partial charge in [0.05, 0.1) is 13.2 Å². The van der Waals surface area contributed by atoms with Crippen molar-refractivity contribution in [3.63, 3.8) is 0 Å². The fourth-order valence-electron chi connectivity index (χ4n) is 2.94. The summed E-state index contributed by atoms with van der Waals surface area (Å²) in [6, 6.07) is 6.22. The van der Waals surface area contributed by atoms with Crippen LogP contribution in [-0.4, -0.2) is 38.6 Å². The highest BCUT2D eigenvalue weighted by molar-refractivity contribution is 5.87. The first-order valence-electron chi connectivity index (χ1n) is 7.78. The summed E-state index contributed by atoms with van der Waals surface area (Å²) in [4.78, 5) is 14.1. The Kier molecular flexibility index (Phi) is 5.61. The normalized spacial score (nSPS) is 21.0. The van der Waals surface area contributed by atoms with E-state index in [-0.39, 0.29) is 11.9 Å². The van der Waals surface area contributed by atoms with Gasteiger partial charge in [0.1, 0.15) is 5.75 Å². The average molecular weight is 302 g/mol. The number of nitrogens with one attached hydrogen (secondary N) is 1. The molecule has 0 heterocycles. The number of benzene rings is 1. The van der Waals surface area contributed by atoms with Gasteiger partial charge in [0.25, 0.3) is 0 Å². The van der Waals surface area contributed by atoms with Crippen LogP contribution in [0, 0.1) is 5.92 Å². The highest BCUT2D eigenvalue weighted by Crippen LogP contribution is 2.35. The molecule has 0 saturated carbocycles. The zero-order chi connectivity index (χ0) is 16.1. The molecular formula is C18H26N2O2. The van der Waals surface area contributed by atoms with Gasteiger partial charge in [0.15, 0.2) is 0 Å². The molecule has 0 spiro atoms. The molecule has 0 aliphatic heterocycles. The Morgan fingerprint density at radius 1 is 1.45 bits per heavy atom. The molecule has 2 unspecified atom stereocenters. The highest BCUT2D eigenvalue weighted by atomic mass is 16.5. The second kappa shape index (κ2) is 7.45. The highest BCUT2D eigenvalue weighted by Gasteiger charge is 2.25. The maximum atomic E-state index is 12.1. The zero-order valence-electron chi connectivity index (χ0n) is 13.9. The van der Waals surface area contributed by atoms with Crippen LogP contribution in [-0.2, 0) is 11.2 Å². The van der Waals surface area contributed by atoms with Crippen molar-refractivity contribution < 1.29 is 9.53 Å². The van der Waals surface area contributed by atoms with Crippen molar-refractivity contribution in [2.75, 3.05) is 27.7 Å². The summed E-state index contributed by atoms with van der Waals surface area (Å²) in [5, 5.41) is 3.13. The standard InChI is InChI=1S/C18H26N2O2/c1-13-10-14-12-15(22-4)7-8-16(14)17(11-13)19-18(21)6-5-9-20(2)3/h5-8,12-13,17H,9-11H2,1-4H3,(H,19,21)/b6-5+. The maximum Gasteiger partial charge on any atom is 0.244 e. The largest absolute Gasteiger partial charge is 0.497 e. The number of nitrogens with zero attached hydrogens (tertiary/aromatic N) is 1. The van der Waals surface area contributed by atoms with Crippen molar-refractivity contribution in [2.24, 2.45) is 5.92 Å². The van der Waals surface area contributed by atoms with Crippen LogP contribution in [0.5, 0.6) is 5.75 Å². The molecule has 1 aliphatic rings. The second-order valence-corrected chi connectivity index (χ2v) is 6.34. The van der Waals surface area contributed by atoms with E-state index in [1.165, 1.54) is 11.1 Å². The predicted molar refractivity (Wildman–Crippen MR) is 89.1 cm³/mol. The molecule has 1 amide bonds. The third-order valence-corrected chi connectivity index (χ3v) is 3.99. The van der Waals surface area contributed by atoms with Crippen LogP contribution in [0.2, 0.25) is 0 Å². The van der Waals surface area contributed by atoms with E-state index in [9.17, 15) is 4.79 Å². The Morgan fingerprint density at radius 3 is 2.91 bits per heavy atom. The lowest BCUT2D eigenvalue weighted by Crippen LogP contribution is -2.32. The van der Waals surface area contributed by atoms with Crippen molar-refractivity contribution in [3.8, 4) is 5.75 Å². The quantitative estimate of drug-likeness (QED) is 0.850. The maximum absolute atomic E-state index is 12.1. The van der Waals surface area contributed by atoms with Gasteiger partial charge >= 0.3 is 0 Å². The summed E-state index contributed by atoms with van der Waals surface area (Å²) in [5.41, 5.74) is 2.49. The summed E-state index contributed by atoms with van der Waals surface area (Å²) in [7, 11) is 5.65. The van der Waals surface area contributed by atoms with Crippen molar-refractivity contribution in [3.05, 3.63) is 41.5 Å². The second-order valence-electron chi connectivity index (χ2n) is 6.34. The molecule has 120 valence electrons. The van der Waals surface area contributed by atoms with E-state index >= 15 is 0 Å². The third kappa shape index (κ3) is 4.34. The monoisotopic (exact) mass is 302 g/mol. The van der Waals surface area contributed by atoms with E-state index in [4.69, 9.17) is 4.74 Å². The van der Waals surface area contributed by atoms with E-state index in [0.29, 0.717) is 5.92 Å². The Labute approximate surface area is 133 Å². The predicted octanol–water partition coefficient (Wildman–Crippen LogP) is 2.55. The van der Waals surface area contributed by atoms with Crippen molar-refractivity contribution in [1.82, 2.24) is 10.2 Å². The number of ether oxygens (including phenoxy) is 1. The molecule has 22 heavy (non-hydrogen) atoms. The van der Waals surface area contributed by atoms with E-state index in [1.54, 1.807) is 13.2 Å². The van der Waals surface area contributed by atoms with Gasteiger partial charge in [-0.2, -0.15) is 0 Å². The van der Waals surface area contributed by atoms with Crippen LogP contribution >= 0.6 is 0 Å². The van der Waals surface area contributed by atoms with Gasteiger partial charge in [-0.05, 0) is 56.1 Å². The first kappa shape index (κ1) is 16.6. The van der Waals surface area contributed by atoms with E-state index in [2.05, 4.69) is 24.4 Å². The molecule has 1 N–H and O–H groups in total. The minimum Gasteiger partial charge on any atom is -0.497 e. The molecule has 4 heteroatoms. The number of fused-ring (bicyclic) bond motifs is 1. The van der Waals surface area contributed by atoms with Gasteiger partial charge in [-0.1, -0.05) is 19.1 Å². The van der Waals surface area contributed by atoms with E-state index in [1.807, 2.05) is 31.1 Å². The SMILES string of the molecule is COc1ccc2c(c1)CC(C)CC2NC(=O)/C=C/CN(C)C. The number of methoxy groups -OCH3 is 1. The number of carbonyl (C=O) groups excluding carboxylic acids is 1. The lowest BCUT2D eigenvalue weighted by molar-refractivity contribution is -0.117. The lowest BCUT2D eigenvalue weighted by atomic mass is 9.81. The van der Waals surface area contributed by atoms with Crippen molar-refractivity contribution in [2.45, 2.75) is 25.8 Å². The minimum atomic E-state index is -0.0253. The summed E-state index contributed by atoms with van der Waals surface area (Å²) in [6.45, 7) is 2.99. The Hall–Kier alpha value is -1.81. The molecule has 0 aromatic heterocycles. The van der Waals surface area contributed by atoms with Gasteiger partial charge in [-0.25, -0.2) is 0 Å². The smallest absolute Gasteiger partial charge is 0.244 e. The van der Waals surface area contributed by atoms with Gasteiger partial charge in [0, 0.05) is 12.6 Å². The zero-order valence-corrected chi connectivity index (χ0v) is 13.9. The van der Waals surface area contributed by atoms with Crippen LogP contribution in [0.15, 0.2) is 30.4 Å². The third-order valence-electron chi connectivity index (χ3n) is 3.99. The number of hydrogen-bond donors (Lipinski definition) is 1.